The predicted molar refractivity (Wildman–Crippen MR) is 81.4 cm³/mol. The molecular formula is C15H31NaO4S. The van der Waals surface area contributed by atoms with Gasteiger partial charge >= 0.3 is 29.6 Å². The summed E-state index contributed by atoms with van der Waals surface area (Å²) in [6.45, 7) is 4.16. The first-order chi connectivity index (χ1) is 9.37. The maximum absolute atomic E-state index is 11.2. The van der Waals surface area contributed by atoms with Crippen LogP contribution < -0.4 is 29.6 Å². The van der Waals surface area contributed by atoms with Crippen molar-refractivity contribution in [2.75, 3.05) is 0 Å². The van der Waals surface area contributed by atoms with Crippen molar-refractivity contribution in [3.63, 3.8) is 0 Å². The van der Waals surface area contributed by atoms with E-state index in [4.69, 9.17) is 0 Å². The van der Waals surface area contributed by atoms with Gasteiger partial charge in [0.15, 0.2) is 4.93 Å². The molecule has 0 bridgehead atoms. The van der Waals surface area contributed by atoms with E-state index in [0.717, 1.165) is 32.1 Å². The maximum atomic E-state index is 11.2. The molecule has 0 spiro atoms. The van der Waals surface area contributed by atoms with Gasteiger partial charge in [0.2, 0.25) is 0 Å². The molecule has 0 amide bonds. The minimum Gasteiger partial charge on any atom is -0.746 e. The molecule has 1 unspecified atom stereocenters. The molecule has 1 N–H and O–H groups in total. The fraction of sp³-hybridized carbons (Fsp3) is 1.00. The van der Waals surface area contributed by atoms with Crippen molar-refractivity contribution >= 4 is 10.1 Å². The van der Waals surface area contributed by atoms with Gasteiger partial charge in [-0.15, -0.1) is 0 Å². The van der Waals surface area contributed by atoms with Crippen molar-refractivity contribution in [1.29, 1.82) is 0 Å². The third kappa shape index (κ3) is 11.1. The van der Waals surface area contributed by atoms with E-state index in [9.17, 15) is 18.1 Å². The molecule has 0 heterocycles. The smallest absolute Gasteiger partial charge is 0.746 e. The van der Waals surface area contributed by atoms with Gasteiger partial charge in [0, 0.05) is 0 Å². The van der Waals surface area contributed by atoms with Gasteiger partial charge in [-0.25, -0.2) is 8.42 Å². The normalized spacial score (nSPS) is 14.5. The first-order valence-electron chi connectivity index (χ1n) is 8.05. The quantitative estimate of drug-likeness (QED) is 0.310. The minimum absolute atomic E-state index is 0. The summed E-state index contributed by atoms with van der Waals surface area (Å²) < 4.78 is 33.7. The van der Waals surface area contributed by atoms with Crippen LogP contribution in [0.1, 0.15) is 90.9 Å². The fourth-order valence-electron chi connectivity index (χ4n) is 2.38. The zero-order valence-electron chi connectivity index (χ0n) is 14.1. The van der Waals surface area contributed by atoms with Crippen LogP contribution in [0.2, 0.25) is 0 Å². The zero-order chi connectivity index (χ0) is 15.5. The van der Waals surface area contributed by atoms with Crippen LogP contribution >= 0.6 is 0 Å². The summed E-state index contributed by atoms with van der Waals surface area (Å²) in [6.07, 6.45) is 9.84. The van der Waals surface area contributed by atoms with Crippen molar-refractivity contribution in [2.45, 2.75) is 95.8 Å². The largest absolute Gasteiger partial charge is 1.00 e. The Balaban J connectivity index is 0. The summed E-state index contributed by atoms with van der Waals surface area (Å²) in [5, 5.41) is 10.1. The van der Waals surface area contributed by atoms with Crippen LogP contribution in [-0.4, -0.2) is 23.0 Å². The molecule has 0 aromatic rings. The summed E-state index contributed by atoms with van der Waals surface area (Å²) >= 11 is 0. The standard InChI is InChI=1S/C15H32O4S.Na/c1-3-5-7-8-9-10-12-14-15(16,20(17,18)19)13-11-6-4-2;/h16H,3-14H2,1-2H3,(H,17,18,19);/q;+1/p-1. The van der Waals surface area contributed by atoms with Crippen molar-refractivity contribution in [1.82, 2.24) is 0 Å². The molecule has 0 aliphatic rings. The summed E-state index contributed by atoms with van der Waals surface area (Å²) in [5.41, 5.74) is 0. The first-order valence-corrected chi connectivity index (χ1v) is 9.46. The fourth-order valence-corrected chi connectivity index (χ4v) is 3.17. The van der Waals surface area contributed by atoms with Crippen LogP contribution in [0.5, 0.6) is 0 Å². The Kier molecular flexibility index (Phi) is 15.3. The molecule has 0 saturated carbocycles. The Labute approximate surface area is 153 Å². The maximum Gasteiger partial charge on any atom is 1.00 e. The van der Waals surface area contributed by atoms with Crippen LogP contribution in [0.15, 0.2) is 0 Å². The average Bonchev–Trinajstić information content (AvgIpc) is 2.37. The molecular weight excluding hydrogens is 299 g/mol. The van der Waals surface area contributed by atoms with Crippen LogP contribution in [-0.2, 0) is 10.1 Å². The molecule has 0 aromatic heterocycles. The van der Waals surface area contributed by atoms with E-state index in [0.29, 0.717) is 12.8 Å². The van der Waals surface area contributed by atoms with E-state index < -0.39 is 15.1 Å². The Morgan fingerprint density at radius 1 is 0.810 bits per heavy atom. The molecule has 122 valence electrons. The second-order valence-electron chi connectivity index (χ2n) is 5.73. The van der Waals surface area contributed by atoms with Gasteiger partial charge in [-0.2, -0.15) is 0 Å². The van der Waals surface area contributed by atoms with Gasteiger partial charge in [-0.05, 0) is 25.7 Å². The van der Waals surface area contributed by atoms with Crippen LogP contribution in [0, 0.1) is 0 Å². The van der Waals surface area contributed by atoms with Gasteiger partial charge in [0.05, 0.1) is 0 Å². The summed E-state index contributed by atoms with van der Waals surface area (Å²) in [6, 6.07) is 0. The molecule has 0 aromatic carbocycles. The van der Waals surface area contributed by atoms with Crippen LogP contribution in [0.4, 0.5) is 0 Å². The van der Waals surface area contributed by atoms with Gasteiger partial charge in [-0.3, -0.25) is 0 Å². The van der Waals surface area contributed by atoms with Gasteiger partial charge in [0.25, 0.3) is 0 Å². The molecule has 21 heavy (non-hydrogen) atoms. The van der Waals surface area contributed by atoms with Crippen molar-refractivity contribution in [2.24, 2.45) is 0 Å². The van der Waals surface area contributed by atoms with Gasteiger partial charge in [-0.1, -0.05) is 65.2 Å². The Morgan fingerprint density at radius 2 is 1.14 bits per heavy atom. The predicted octanol–water partition coefficient (Wildman–Crippen LogP) is 0.945. The van der Waals surface area contributed by atoms with E-state index in [1.807, 2.05) is 6.92 Å². The van der Waals surface area contributed by atoms with E-state index in [2.05, 4.69) is 6.92 Å². The first kappa shape index (κ1) is 24.1. The average molecular weight is 330 g/mol. The molecule has 1 atom stereocenters. The number of rotatable bonds is 13. The SMILES string of the molecule is CCCCCCCCCC(O)(CCCCC)S(=O)(=O)[O-].[Na+]. The number of aliphatic hydroxyl groups is 1. The Bertz CT molecular complexity index is 333. The summed E-state index contributed by atoms with van der Waals surface area (Å²) in [5.74, 6) is 0. The molecule has 0 radical (unpaired) electrons. The topological polar surface area (TPSA) is 77.4 Å². The van der Waals surface area contributed by atoms with Crippen LogP contribution in [0.25, 0.3) is 0 Å². The van der Waals surface area contributed by atoms with E-state index in [1.54, 1.807) is 0 Å². The monoisotopic (exact) mass is 330 g/mol. The summed E-state index contributed by atoms with van der Waals surface area (Å²) in [4.78, 5) is -2.05. The number of hydrogen-bond acceptors (Lipinski definition) is 4. The molecule has 6 heteroatoms. The second kappa shape index (κ2) is 13.3. The van der Waals surface area contributed by atoms with Gasteiger partial charge < -0.3 is 9.66 Å². The Hall–Kier alpha value is 0.870. The van der Waals surface area contributed by atoms with Crippen molar-refractivity contribution in [3.8, 4) is 0 Å². The molecule has 0 aliphatic heterocycles. The van der Waals surface area contributed by atoms with E-state index >= 15 is 0 Å². The van der Waals surface area contributed by atoms with Gasteiger partial charge in [0.1, 0.15) is 10.1 Å². The molecule has 0 rings (SSSR count). The van der Waals surface area contributed by atoms with Crippen molar-refractivity contribution in [3.05, 3.63) is 0 Å². The summed E-state index contributed by atoms with van der Waals surface area (Å²) in [7, 11) is -4.64. The number of unbranched alkanes of at least 4 members (excludes halogenated alkanes) is 8. The molecule has 0 aliphatic carbocycles. The third-order valence-electron chi connectivity index (χ3n) is 3.81. The zero-order valence-corrected chi connectivity index (χ0v) is 16.9. The second-order valence-corrected chi connectivity index (χ2v) is 7.40. The Morgan fingerprint density at radius 3 is 1.57 bits per heavy atom. The minimum atomic E-state index is -4.64. The van der Waals surface area contributed by atoms with E-state index in [1.165, 1.54) is 19.3 Å². The molecule has 4 nitrogen and oxygen atoms in total. The molecule has 0 fully saturated rings. The van der Waals surface area contributed by atoms with E-state index in [-0.39, 0.29) is 42.4 Å². The molecule has 0 saturated heterocycles. The third-order valence-corrected chi connectivity index (χ3v) is 5.15. The number of hydrogen-bond donors (Lipinski definition) is 1. The van der Waals surface area contributed by atoms with Crippen molar-refractivity contribution < 1.29 is 47.6 Å². The van der Waals surface area contributed by atoms with Crippen LogP contribution in [0.3, 0.4) is 0 Å².